The molecule has 2 aromatic rings. The van der Waals surface area contributed by atoms with Gasteiger partial charge in [0.25, 0.3) is 5.91 Å². The Morgan fingerprint density at radius 2 is 1.74 bits per heavy atom. The maximum atomic E-state index is 12.7. The van der Waals surface area contributed by atoms with E-state index in [-0.39, 0.29) is 5.91 Å². The van der Waals surface area contributed by atoms with Gasteiger partial charge in [-0.05, 0) is 36.8 Å². The summed E-state index contributed by atoms with van der Waals surface area (Å²) in [5, 5.41) is 8.29. The van der Waals surface area contributed by atoms with Crippen LogP contribution in [0.15, 0.2) is 30.5 Å². The minimum atomic E-state index is -0.0417. The normalized spacial score (nSPS) is 23.8. The first-order chi connectivity index (χ1) is 11.2. The first-order valence-corrected chi connectivity index (χ1v) is 8.24. The third-order valence-electron chi connectivity index (χ3n) is 4.97. The number of hydrogen-bond acceptors (Lipinski definition) is 4. The minimum Gasteiger partial charge on any atom is -0.329 e. The molecule has 4 rings (SSSR count). The second-order valence-corrected chi connectivity index (χ2v) is 6.58. The first-order valence-electron chi connectivity index (χ1n) is 8.24. The lowest BCUT2D eigenvalue weighted by Gasteiger charge is -2.25. The number of fused-ring (bicyclic) bond motifs is 1. The smallest absolute Gasteiger partial charge is 0.276 e. The molecule has 1 aromatic heterocycles. The van der Waals surface area contributed by atoms with Gasteiger partial charge in [0, 0.05) is 19.1 Å². The maximum absolute atomic E-state index is 12.7. The molecule has 6 nitrogen and oxygen atoms in total. The van der Waals surface area contributed by atoms with Gasteiger partial charge in [0.2, 0.25) is 0 Å². The van der Waals surface area contributed by atoms with Crippen molar-refractivity contribution >= 4 is 5.91 Å². The molecule has 2 aliphatic rings. The summed E-state index contributed by atoms with van der Waals surface area (Å²) in [6, 6.07) is 8.79. The Hall–Kier alpha value is -2.21. The van der Waals surface area contributed by atoms with Gasteiger partial charge in [-0.1, -0.05) is 29.5 Å². The zero-order valence-electron chi connectivity index (χ0n) is 13.1. The minimum absolute atomic E-state index is 0.0417. The number of carbonyl (C=O) groups is 1. The molecule has 0 saturated heterocycles. The summed E-state index contributed by atoms with van der Waals surface area (Å²) in [4.78, 5) is 14.5. The Labute approximate surface area is 135 Å². The summed E-state index contributed by atoms with van der Waals surface area (Å²) in [7, 11) is 0. The number of rotatable bonds is 2. The molecule has 1 saturated carbocycles. The van der Waals surface area contributed by atoms with Crippen LogP contribution >= 0.6 is 0 Å². The van der Waals surface area contributed by atoms with E-state index >= 15 is 0 Å². The fourth-order valence-corrected chi connectivity index (χ4v) is 3.56. The van der Waals surface area contributed by atoms with Crippen LogP contribution in [0.2, 0.25) is 0 Å². The van der Waals surface area contributed by atoms with Crippen LogP contribution in [0.5, 0.6) is 0 Å². The van der Waals surface area contributed by atoms with Gasteiger partial charge < -0.3 is 10.6 Å². The number of amides is 1. The van der Waals surface area contributed by atoms with Crippen molar-refractivity contribution < 1.29 is 4.79 Å². The van der Waals surface area contributed by atoms with Gasteiger partial charge in [-0.25, -0.2) is 4.68 Å². The number of benzene rings is 1. The Bertz CT molecular complexity index is 692. The highest BCUT2D eigenvalue weighted by Crippen LogP contribution is 2.27. The molecule has 1 aliphatic heterocycles. The topological polar surface area (TPSA) is 77.0 Å². The highest BCUT2D eigenvalue weighted by atomic mass is 16.2. The summed E-state index contributed by atoms with van der Waals surface area (Å²) in [5.41, 5.74) is 8.82. The van der Waals surface area contributed by atoms with E-state index in [1.54, 1.807) is 6.20 Å². The number of hydrogen-bond donors (Lipinski definition) is 1. The van der Waals surface area contributed by atoms with Crippen molar-refractivity contribution in [3.05, 3.63) is 47.3 Å². The number of aromatic nitrogens is 3. The summed E-state index contributed by atoms with van der Waals surface area (Å²) in [6.45, 7) is 1.31. The van der Waals surface area contributed by atoms with Crippen molar-refractivity contribution in [1.82, 2.24) is 19.9 Å². The Morgan fingerprint density at radius 3 is 2.39 bits per heavy atom. The lowest BCUT2D eigenvalue weighted by atomic mass is 9.92. The molecular formula is C17H21N5O. The maximum Gasteiger partial charge on any atom is 0.276 e. The number of nitrogens with two attached hydrogens (primary N) is 1. The molecule has 0 radical (unpaired) electrons. The van der Waals surface area contributed by atoms with Crippen LogP contribution in [-0.2, 0) is 13.1 Å². The summed E-state index contributed by atoms with van der Waals surface area (Å²) in [6.07, 6.45) is 5.83. The van der Waals surface area contributed by atoms with Crippen LogP contribution in [0.3, 0.4) is 0 Å². The van der Waals surface area contributed by atoms with Crippen LogP contribution in [0.4, 0.5) is 0 Å². The molecule has 1 aliphatic carbocycles. The van der Waals surface area contributed by atoms with E-state index in [1.165, 1.54) is 11.1 Å². The summed E-state index contributed by atoms with van der Waals surface area (Å²) >= 11 is 0. The average Bonchev–Trinajstić information content (AvgIpc) is 3.22. The largest absolute Gasteiger partial charge is 0.329 e. The van der Waals surface area contributed by atoms with E-state index in [4.69, 9.17) is 5.73 Å². The van der Waals surface area contributed by atoms with E-state index in [0.717, 1.165) is 25.7 Å². The predicted octanol–water partition coefficient (Wildman–Crippen LogP) is 1.88. The molecule has 1 amide bonds. The van der Waals surface area contributed by atoms with Crippen LogP contribution in [0.25, 0.3) is 0 Å². The number of nitrogens with zero attached hydrogens (tertiary/aromatic N) is 4. The van der Waals surface area contributed by atoms with Gasteiger partial charge in [0.05, 0.1) is 12.2 Å². The second-order valence-electron chi connectivity index (χ2n) is 6.58. The van der Waals surface area contributed by atoms with E-state index < -0.39 is 0 Å². The molecule has 1 fully saturated rings. The molecule has 0 bridgehead atoms. The van der Waals surface area contributed by atoms with Crippen molar-refractivity contribution in [2.45, 2.75) is 50.9 Å². The summed E-state index contributed by atoms with van der Waals surface area (Å²) < 4.78 is 1.85. The fraction of sp³-hybridized carbons (Fsp3) is 0.471. The highest BCUT2D eigenvalue weighted by molar-refractivity contribution is 5.92. The SMILES string of the molecule is NC1CCC(n2cc(C(=O)N3Cc4ccccc4C3)nn2)CC1. The average molecular weight is 311 g/mol. The third kappa shape index (κ3) is 2.74. The van der Waals surface area contributed by atoms with Crippen LogP contribution in [0.1, 0.15) is 53.3 Å². The molecule has 0 spiro atoms. The third-order valence-corrected chi connectivity index (χ3v) is 4.97. The van der Waals surface area contributed by atoms with E-state index in [9.17, 15) is 4.79 Å². The van der Waals surface area contributed by atoms with Crippen LogP contribution in [0, 0.1) is 0 Å². The Morgan fingerprint density at radius 1 is 1.09 bits per heavy atom. The highest BCUT2D eigenvalue weighted by Gasteiger charge is 2.27. The van der Waals surface area contributed by atoms with E-state index in [1.807, 2.05) is 21.7 Å². The first kappa shape index (κ1) is 14.4. The molecular weight excluding hydrogens is 290 g/mol. The second kappa shape index (κ2) is 5.77. The fourth-order valence-electron chi connectivity index (χ4n) is 3.56. The molecule has 2 heterocycles. The number of carbonyl (C=O) groups excluding carboxylic acids is 1. The zero-order valence-corrected chi connectivity index (χ0v) is 13.1. The monoisotopic (exact) mass is 311 g/mol. The molecule has 0 unspecified atom stereocenters. The summed E-state index contributed by atoms with van der Waals surface area (Å²) in [5.74, 6) is -0.0417. The zero-order chi connectivity index (χ0) is 15.8. The lowest BCUT2D eigenvalue weighted by Crippen LogP contribution is -2.28. The quantitative estimate of drug-likeness (QED) is 0.918. The molecule has 1 aromatic carbocycles. The molecule has 120 valence electrons. The van der Waals surface area contributed by atoms with Crippen molar-refractivity contribution in [2.24, 2.45) is 5.73 Å². The van der Waals surface area contributed by atoms with Crippen molar-refractivity contribution in [2.75, 3.05) is 0 Å². The lowest BCUT2D eigenvalue weighted by molar-refractivity contribution is 0.0745. The Kier molecular flexibility index (Phi) is 3.61. The van der Waals surface area contributed by atoms with Gasteiger partial charge in [-0.3, -0.25) is 4.79 Å². The molecule has 0 atom stereocenters. The van der Waals surface area contributed by atoms with Gasteiger partial charge >= 0.3 is 0 Å². The Balaban J connectivity index is 1.46. The van der Waals surface area contributed by atoms with Crippen LogP contribution < -0.4 is 5.73 Å². The molecule has 23 heavy (non-hydrogen) atoms. The van der Waals surface area contributed by atoms with Crippen molar-refractivity contribution in [3.63, 3.8) is 0 Å². The van der Waals surface area contributed by atoms with Crippen molar-refractivity contribution in [3.8, 4) is 0 Å². The van der Waals surface area contributed by atoms with Gasteiger partial charge in [-0.15, -0.1) is 5.10 Å². The van der Waals surface area contributed by atoms with Gasteiger partial charge in [0.1, 0.15) is 0 Å². The molecule has 6 heteroatoms. The predicted molar refractivity (Wildman–Crippen MR) is 85.5 cm³/mol. The van der Waals surface area contributed by atoms with E-state index in [2.05, 4.69) is 22.4 Å². The molecule has 2 N–H and O–H groups in total. The van der Waals surface area contributed by atoms with Crippen molar-refractivity contribution in [1.29, 1.82) is 0 Å². The van der Waals surface area contributed by atoms with Gasteiger partial charge in [-0.2, -0.15) is 0 Å². The van der Waals surface area contributed by atoms with Crippen LogP contribution in [-0.4, -0.2) is 31.8 Å². The van der Waals surface area contributed by atoms with Gasteiger partial charge in [0.15, 0.2) is 5.69 Å². The van der Waals surface area contributed by atoms with E-state index in [0.29, 0.717) is 30.9 Å². The standard InChI is InChI=1S/C17H21N5O/c18-14-5-7-15(8-6-14)22-11-16(19-20-22)17(23)21-9-12-3-1-2-4-13(12)10-21/h1-4,11,14-15H,5-10,18H2.